The Hall–Kier alpha value is -3.06. The lowest BCUT2D eigenvalue weighted by Gasteiger charge is -2.34. The number of hydrogen-bond acceptors (Lipinski definition) is 5. The first-order chi connectivity index (χ1) is 17.5. The molecular weight excluding hydrogens is 454 g/mol. The van der Waals surface area contributed by atoms with Crippen LogP contribution in [0.3, 0.4) is 0 Å². The molecule has 1 atom stereocenters. The van der Waals surface area contributed by atoms with Crippen molar-refractivity contribution in [3.05, 3.63) is 59.7 Å². The van der Waals surface area contributed by atoms with Crippen molar-refractivity contribution in [1.82, 2.24) is 15.5 Å². The van der Waals surface area contributed by atoms with Crippen molar-refractivity contribution in [3.8, 4) is 11.5 Å². The van der Waals surface area contributed by atoms with Gasteiger partial charge in [0.15, 0.2) is 0 Å². The van der Waals surface area contributed by atoms with E-state index in [2.05, 4.69) is 27.7 Å². The van der Waals surface area contributed by atoms with Crippen LogP contribution in [0.5, 0.6) is 11.5 Å². The quantitative estimate of drug-likeness (QED) is 0.497. The van der Waals surface area contributed by atoms with Crippen molar-refractivity contribution < 1.29 is 19.1 Å². The number of benzene rings is 2. The molecule has 1 saturated carbocycles. The number of likely N-dealkylation sites (tertiary alicyclic amines) is 1. The van der Waals surface area contributed by atoms with Crippen LogP contribution in [0.1, 0.15) is 55.7 Å². The van der Waals surface area contributed by atoms with Gasteiger partial charge in [0, 0.05) is 31.6 Å². The summed E-state index contributed by atoms with van der Waals surface area (Å²) in [5.41, 5.74) is 2.10. The zero-order valence-corrected chi connectivity index (χ0v) is 21.5. The first kappa shape index (κ1) is 26.0. The molecule has 7 heteroatoms. The minimum absolute atomic E-state index is 0.00840. The van der Waals surface area contributed by atoms with E-state index in [0.29, 0.717) is 6.42 Å². The highest BCUT2D eigenvalue weighted by Crippen LogP contribution is 2.28. The largest absolute Gasteiger partial charge is 0.497 e. The van der Waals surface area contributed by atoms with E-state index in [1.54, 1.807) is 14.2 Å². The second-order valence-corrected chi connectivity index (χ2v) is 9.96. The van der Waals surface area contributed by atoms with E-state index >= 15 is 0 Å². The number of ether oxygens (including phenoxy) is 2. The van der Waals surface area contributed by atoms with Crippen molar-refractivity contribution in [1.29, 1.82) is 0 Å². The molecule has 2 N–H and O–H groups in total. The first-order valence-corrected chi connectivity index (χ1v) is 13.1. The average molecular weight is 494 g/mol. The maximum atomic E-state index is 12.7. The number of carbonyl (C=O) groups is 2. The molecule has 1 aliphatic heterocycles. The number of nitrogens with zero attached hydrogens (tertiary/aromatic N) is 1. The Kier molecular flexibility index (Phi) is 9.23. The van der Waals surface area contributed by atoms with Gasteiger partial charge in [-0.05, 0) is 67.5 Å². The van der Waals surface area contributed by atoms with Gasteiger partial charge >= 0.3 is 0 Å². The van der Waals surface area contributed by atoms with Crippen molar-refractivity contribution in [2.24, 2.45) is 5.92 Å². The lowest BCUT2D eigenvalue weighted by atomic mass is 9.84. The third kappa shape index (κ3) is 7.23. The summed E-state index contributed by atoms with van der Waals surface area (Å²) in [5.74, 6) is 2.03. The number of methoxy groups -OCH3 is 2. The average Bonchev–Trinajstić information content (AvgIpc) is 2.87. The van der Waals surface area contributed by atoms with Crippen molar-refractivity contribution in [2.75, 3.05) is 33.9 Å². The monoisotopic (exact) mass is 493 g/mol. The normalized spacial score (nSPS) is 17.6. The molecule has 0 spiro atoms. The molecule has 1 heterocycles. The molecular formula is C29H39N3O4. The summed E-state index contributed by atoms with van der Waals surface area (Å²) in [5, 5.41) is 6.51. The van der Waals surface area contributed by atoms with E-state index in [9.17, 15) is 9.59 Å². The minimum atomic E-state index is -0.00840. The summed E-state index contributed by atoms with van der Waals surface area (Å²) in [4.78, 5) is 27.7. The standard InChI is InChI=1S/C29H39N3O4/c1-35-25-10-6-21(7-11-25)20-28(33)30-24-14-17-32(18-15-24)19-16-27(31-29(34)23-4-3-5-23)22-8-12-26(36-2)13-9-22/h6-13,23-24,27H,3-5,14-20H2,1-2H3,(H,30,33)(H,31,34). The van der Waals surface area contributed by atoms with Gasteiger partial charge in [-0.15, -0.1) is 0 Å². The van der Waals surface area contributed by atoms with E-state index in [1.807, 2.05) is 36.4 Å². The van der Waals surface area contributed by atoms with Crippen molar-refractivity contribution in [2.45, 2.75) is 57.0 Å². The lowest BCUT2D eigenvalue weighted by molar-refractivity contribution is -0.128. The molecule has 0 radical (unpaired) electrons. The molecule has 0 aromatic heterocycles. The van der Waals surface area contributed by atoms with Crippen LogP contribution < -0.4 is 20.1 Å². The molecule has 36 heavy (non-hydrogen) atoms. The van der Waals surface area contributed by atoms with E-state index in [0.717, 1.165) is 80.8 Å². The van der Waals surface area contributed by atoms with Gasteiger partial charge < -0.3 is 25.0 Å². The van der Waals surface area contributed by atoms with Gasteiger partial charge in [-0.3, -0.25) is 9.59 Å². The van der Waals surface area contributed by atoms with E-state index in [4.69, 9.17) is 9.47 Å². The smallest absolute Gasteiger partial charge is 0.224 e. The SMILES string of the molecule is COc1ccc(CC(=O)NC2CCN(CCC(NC(=O)C3CCC3)c3ccc(OC)cc3)CC2)cc1. The van der Waals surface area contributed by atoms with Crippen LogP contribution in [-0.2, 0) is 16.0 Å². The molecule has 194 valence electrons. The number of rotatable bonds is 11. The predicted molar refractivity (Wildman–Crippen MR) is 140 cm³/mol. The zero-order valence-electron chi connectivity index (χ0n) is 21.5. The third-order valence-corrected chi connectivity index (χ3v) is 7.52. The van der Waals surface area contributed by atoms with Crippen molar-refractivity contribution in [3.63, 3.8) is 0 Å². The Morgan fingerprint density at radius 3 is 2.08 bits per heavy atom. The topological polar surface area (TPSA) is 79.9 Å². The fourth-order valence-electron chi connectivity index (χ4n) is 4.94. The summed E-state index contributed by atoms with van der Waals surface area (Å²) in [7, 11) is 3.30. The van der Waals surface area contributed by atoms with Gasteiger partial charge in [-0.1, -0.05) is 30.7 Å². The Morgan fingerprint density at radius 2 is 1.53 bits per heavy atom. The van der Waals surface area contributed by atoms with Crippen LogP contribution in [0.2, 0.25) is 0 Å². The van der Waals surface area contributed by atoms with Crippen LogP contribution in [-0.4, -0.2) is 56.6 Å². The molecule has 0 bridgehead atoms. The molecule has 2 aromatic carbocycles. The van der Waals surface area contributed by atoms with Gasteiger partial charge in [0.25, 0.3) is 0 Å². The number of carbonyl (C=O) groups excluding carboxylic acids is 2. The summed E-state index contributed by atoms with van der Waals surface area (Å²) >= 11 is 0. The molecule has 2 aromatic rings. The highest BCUT2D eigenvalue weighted by molar-refractivity contribution is 5.80. The van der Waals surface area contributed by atoms with E-state index < -0.39 is 0 Å². The predicted octanol–water partition coefficient (Wildman–Crippen LogP) is 3.87. The summed E-state index contributed by atoms with van der Waals surface area (Å²) in [6, 6.07) is 15.9. The summed E-state index contributed by atoms with van der Waals surface area (Å²) in [6.45, 7) is 2.80. The fraction of sp³-hybridized carbons (Fsp3) is 0.517. The molecule has 2 amide bonds. The molecule has 4 rings (SSSR count). The second kappa shape index (κ2) is 12.8. The molecule has 2 fully saturated rings. The Morgan fingerprint density at radius 1 is 0.917 bits per heavy atom. The molecule has 1 aliphatic carbocycles. The van der Waals surface area contributed by atoms with Gasteiger partial charge in [-0.25, -0.2) is 0 Å². The number of nitrogens with one attached hydrogen (secondary N) is 2. The van der Waals surface area contributed by atoms with Gasteiger partial charge in [0.05, 0.1) is 26.7 Å². The molecule has 1 saturated heterocycles. The van der Waals surface area contributed by atoms with Crippen LogP contribution in [0, 0.1) is 5.92 Å². The van der Waals surface area contributed by atoms with Gasteiger partial charge in [-0.2, -0.15) is 0 Å². The van der Waals surface area contributed by atoms with E-state index in [-0.39, 0.29) is 29.8 Å². The first-order valence-electron chi connectivity index (χ1n) is 13.1. The lowest BCUT2D eigenvalue weighted by Crippen LogP contribution is -2.46. The third-order valence-electron chi connectivity index (χ3n) is 7.52. The minimum Gasteiger partial charge on any atom is -0.497 e. The maximum absolute atomic E-state index is 12.7. The number of hydrogen-bond donors (Lipinski definition) is 2. The van der Waals surface area contributed by atoms with E-state index in [1.165, 1.54) is 0 Å². The van der Waals surface area contributed by atoms with Crippen LogP contribution in [0.15, 0.2) is 48.5 Å². The Balaban J connectivity index is 1.23. The summed E-state index contributed by atoms with van der Waals surface area (Å²) in [6.07, 6.45) is 6.27. The summed E-state index contributed by atoms with van der Waals surface area (Å²) < 4.78 is 10.5. The second-order valence-electron chi connectivity index (χ2n) is 9.96. The van der Waals surface area contributed by atoms with Gasteiger partial charge in [0.1, 0.15) is 11.5 Å². The van der Waals surface area contributed by atoms with Crippen molar-refractivity contribution >= 4 is 11.8 Å². The fourth-order valence-corrected chi connectivity index (χ4v) is 4.94. The van der Waals surface area contributed by atoms with Gasteiger partial charge in [0.2, 0.25) is 11.8 Å². The molecule has 2 aliphatic rings. The van der Waals surface area contributed by atoms with Crippen LogP contribution >= 0.6 is 0 Å². The number of amides is 2. The maximum Gasteiger partial charge on any atom is 0.224 e. The van der Waals surface area contributed by atoms with Crippen LogP contribution in [0.4, 0.5) is 0 Å². The highest BCUT2D eigenvalue weighted by Gasteiger charge is 2.28. The Bertz CT molecular complexity index is 981. The zero-order chi connectivity index (χ0) is 25.3. The van der Waals surface area contributed by atoms with Crippen LogP contribution in [0.25, 0.3) is 0 Å². The molecule has 1 unspecified atom stereocenters. The Labute approximate surface area is 214 Å². The highest BCUT2D eigenvalue weighted by atomic mass is 16.5. The number of piperidine rings is 1. The molecule has 7 nitrogen and oxygen atoms in total.